The van der Waals surface area contributed by atoms with Crippen LogP contribution in [0.25, 0.3) is 10.9 Å². The smallest absolute Gasteiger partial charge is 0.308 e. The first-order valence-electron chi connectivity index (χ1n) is 10.5. The van der Waals surface area contributed by atoms with Crippen molar-refractivity contribution in [2.24, 2.45) is 0 Å². The van der Waals surface area contributed by atoms with E-state index in [2.05, 4.69) is 20.3 Å². The van der Waals surface area contributed by atoms with Gasteiger partial charge in [0.25, 0.3) is 5.91 Å². The molecular weight excluding hydrogens is 454 g/mol. The Morgan fingerprint density at radius 3 is 2.41 bits per heavy atom. The summed E-state index contributed by atoms with van der Waals surface area (Å²) in [4.78, 5) is 38.7. The van der Waals surface area contributed by atoms with Crippen molar-refractivity contribution in [3.63, 3.8) is 0 Å². The summed E-state index contributed by atoms with van der Waals surface area (Å²) in [6, 6.07) is 18.5. The lowest BCUT2D eigenvalue weighted by molar-refractivity contribution is -0.136. The van der Waals surface area contributed by atoms with E-state index in [-0.39, 0.29) is 17.5 Å². The van der Waals surface area contributed by atoms with Crippen LogP contribution in [0.2, 0.25) is 5.15 Å². The van der Waals surface area contributed by atoms with Crippen molar-refractivity contribution in [1.82, 2.24) is 15.0 Å². The molecule has 1 amide bonds. The molecule has 172 valence electrons. The molecule has 0 aliphatic heterocycles. The highest BCUT2D eigenvalue weighted by atomic mass is 35.5. The number of anilines is 2. The predicted molar refractivity (Wildman–Crippen MR) is 132 cm³/mol. The Morgan fingerprint density at radius 2 is 1.71 bits per heavy atom. The van der Waals surface area contributed by atoms with E-state index in [1.54, 1.807) is 37.2 Å². The molecule has 0 radical (unpaired) electrons. The van der Waals surface area contributed by atoms with E-state index in [1.807, 2.05) is 42.5 Å². The number of hydrogen-bond donors (Lipinski definition) is 2. The van der Waals surface area contributed by atoms with E-state index in [9.17, 15) is 9.59 Å². The Labute approximate surface area is 201 Å². The number of amides is 1. The van der Waals surface area contributed by atoms with Crippen LogP contribution in [0.15, 0.2) is 60.7 Å². The highest BCUT2D eigenvalue weighted by Gasteiger charge is 2.18. The molecule has 0 atom stereocenters. The van der Waals surface area contributed by atoms with Crippen molar-refractivity contribution < 1.29 is 14.7 Å². The van der Waals surface area contributed by atoms with E-state index >= 15 is 0 Å². The molecule has 0 fully saturated rings. The molecule has 0 saturated heterocycles. The second-order valence-corrected chi connectivity index (χ2v) is 8.27. The van der Waals surface area contributed by atoms with Crippen molar-refractivity contribution in [3.05, 3.63) is 88.5 Å². The van der Waals surface area contributed by atoms with E-state index in [4.69, 9.17) is 16.7 Å². The lowest BCUT2D eigenvalue weighted by atomic mass is 10.1. The molecule has 0 saturated carbocycles. The molecule has 0 bridgehead atoms. The fourth-order valence-corrected chi connectivity index (χ4v) is 3.76. The summed E-state index contributed by atoms with van der Waals surface area (Å²) in [5.41, 5.74) is 3.02. The third-order valence-electron chi connectivity index (χ3n) is 5.14. The number of aromatic nitrogens is 3. The lowest BCUT2D eigenvalue weighted by Gasteiger charge is -2.17. The number of fused-ring (bicyclic) bond motifs is 1. The average molecular weight is 476 g/mol. The van der Waals surface area contributed by atoms with Gasteiger partial charge in [0.2, 0.25) is 0 Å². The number of aliphatic carboxylic acids is 1. The van der Waals surface area contributed by atoms with Gasteiger partial charge in [0, 0.05) is 37.2 Å². The van der Waals surface area contributed by atoms with Gasteiger partial charge in [0.15, 0.2) is 0 Å². The number of benzene rings is 2. The molecule has 9 heteroatoms. The normalized spacial score (nSPS) is 10.8. The number of carbonyl (C=O) groups is 2. The molecule has 2 heterocycles. The van der Waals surface area contributed by atoms with Crippen molar-refractivity contribution in [2.75, 3.05) is 24.3 Å². The van der Waals surface area contributed by atoms with E-state index < -0.39 is 5.97 Å². The molecule has 2 N–H and O–H groups in total. The summed E-state index contributed by atoms with van der Waals surface area (Å²) >= 11 is 6.27. The Bertz CT molecular complexity index is 1370. The highest BCUT2D eigenvalue weighted by molar-refractivity contribution is 6.30. The third-order valence-corrected chi connectivity index (χ3v) is 5.45. The molecule has 2 aromatic heterocycles. The highest BCUT2D eigenvalue weighted by Crippen LogP contribution is 2.25. The average Bonchev–Trinajstić information content (AvgIpc) is 2.81. The van der Waals surface area contributed by atoms with Gasteiger partial charge in [-0.15, -0.1) is 0 Å². The first-order chi connectivity index (χ1) is 16.3. The quantitative estimate of drug-likeness (QED) is 0.385. The topological polar surface area (TPSA) is 108 Å². The van der Waals surface area contributed by atoms with Crippen molar-refractivity contribution in [3.8, 4) is 0 Å². The molecule has 8 nitrogen and oxygen atoms in total. The number of para-hydroxylation sites is 1. The predicted octanol–water partition coefficient (Wildman–Crippen LogP) is 4.21. The number of nitrogens with zero attached hydrogens (tertiary/aromatic N) is 4. The van der Waals surface area contributed by atoms with Crippen molar-refractivity contribution >= 4 is 45.9 Å². The van der Waals surface area contributed by atoms with Gasteiger partial charge < -0.3 is 15.3 Å². The molecule has 0 unspecified atom stereocenters. The maximum Gasteiger partial charge on any atom is 0.308 e. The van der Waals surface area contributed by atoms with Gasteiger partial charge in [-0.3, -0.25) is 9.59 Å². The van der Waals surface area contributed by atoms with Crippen LogP contribution in [0.3, 0.4) is 0 Å². The molecule has 0 spiro atoms. The van der Waals surface area contributed by atoms with Gasteiger partial charge >= 0.3 is 5.97 Å². The fraction of sp³-hybridized carbons (Fsp3) is 0.160. The largest absolute Gasteiger partial charge is 0.481 e. The number of hydrogen-bond acceptors (Lipinski definition) is 6. The summed E-state index contributed by atoms with van der Waals surface area (Å²) < 4.78 is 0. The summed E-state index contributed by atoms with van der Waals surface area (Å²) in [7, 11) is 3.55. The molecule has 4 aromatic rings. The molecule has 0 aliphatic carbocycles. The van der Waals surface area contributed by atoms with Crippen LogP contribution in [-0.2, 0) is 17.6 Å². The van der Waals surface area contributed by atoms with Crippen molar-refractivity contribution in [1.29, 1.82) is 0 Å². The van der Waals surface area contributed by atoms with E-state index in [0.717, 1.165) is 16.5 Å². The summed E-state index contributed by atoms with van der Waals surface area (Å²) in [5, 5.41) is 13.1. The maximum absolute atomic E-state index is 12.6. The Balaban J connectivity index is 1.48. The number of rotatable bonds is 7. The van der Waals surface area contributed by atoms with Gasteiger partial charge in [-0.25, -0.2) is 15.0 Å². The van der Waals surface area contributed by atoms with Crippen LogP contribution in [0.4, 0.5) is 11.5 Å². The zero-order valence-corrected chi connectivity index (χ0v) is 19.4. The molecule has 34 heavy (non-hydrogen) atoms. The fourth-order valence-electron chi connectivity index (χ4n) is 3.52. The molecule has 2 aromatic carbocycles. The molecular formula is C25H22ClN5O3. The monoisotopic (exact) mass is 475 g/mol. The van der Waals surface area contributed by atoms with Gasteiger partial charge in [-0.1, -0.05) is 48.0 Å². The Kier molecular flexibility index (Phi) is 6.70. The van der Waals surface area contributed by atoms with Gasteiger partial charge in [0.1, 0.15) is 22.5 Å². The first-order valence-corrected chi connectivity index (χ1v) is 10.9. The van der Waals surface area contributed by atoms with Gasteiger partial charge in [-0.05, 0) is 29.8 Å². The Hall–Kier alpha value is -4.04. The number of nitrogens with one attached hydrogen (secondary N) is 1. The minimum Gasteiger partial charge on any atom is -0.481 e. The molecule has 4 rings (SSSR count). The third kappa shape index (κ3) is 5.29. The second kappa shape index (κ2) is 9.84. The number of carboxylic acids is 1. The van der Waals surface area contributed by atoms with Crippen molar-refractivity contribution in [2.45, 2.75) is 12.8 Å². The minimum atomic E-state index is -1.00. The Morgan fingerprint density at radius 1 is 0.971 bits per heavy atom. The van der Waals surface area contributed by atoms with Gasteiger partial charge in [-0.2, -0.15) is 0 Å². The van der Waals surface area contributed by atoms with E-state index in [0.29, 0.717) is 35.0 Å². The number of carbonyl (C=O) groups excluding carboxylic acids is 1. The van der Waals surface area contributed by atoms with Crippen LogP contribution >= 0.6 is 11.6 Å². The SMILES string of the molecule is CN(C)c1nc(Cc2ccc(NC(=O)c3ccc4ccccc4n3)cc2)nc(Cl)c1CC(=O)O. The van der Waals surface area contributed by atoms with Gasteiger partial charge in [0.05, 0.1) is 11.9 Å². The second-order valence-electron chi connectivity index (χ2n) is 7.91. The summed E-state index contributed by atoms with van der Waals surface area (Å²) in [6.45, 7) is 0. The summed E-state index contributed by atoms with van der Waals surface area (Å²) in [5.74, 6) is -0.347. The number of pyridine rings is 1. The maximum atomic E-state index is 12.6. The molecule has 0 aliphatic rings. The standard InChI is InChI=1S/C25H22ClN5O3/c1-31(2)24-18(14-22(32)33)23(26)29-21(30-24)13-15-7-10-17(11-8-15)27-25(34)20-12-9-16-5-3-4-6-19(16)28-20/h3-12H,13-14H2,1-2H3,(H,27,34)(H,32,33). The zero-order chi connectivity index (χ0) is 24.2. The van der Waals surface area contributed by atoms with Crippen LogP contribution in [-0.4, -0.2) is 46.0 Å². The first kappa shape index (κ1) is 23.1. The van der Waals surface area contributed by atoms with Crippen LogP contribution in [0.5, 0.6) is 0 Å². The van der Waals surface area contributed by atoms with Crippen LogP contribution in [0.1, 0.15) is 27.4 Å². The van der Waals surface area contributed by atoms with E-state index in [1.165, 1.54) is 0 Å². The zero-order valence-electron chi connectivity index (χ0n) is 18.6. The number of halogens is 1. The number of carboxylic acid groups (broad SMARTS) is 1. The lowest BCUT2D eigenvalue weighted by Crippen LogP contribution is -2.18. The van der Waals surface area contributed by atoms with Crippen LogP contribution < -0.4 is 10.2 Å². The minimum absolute atomic E-state index is 0.128. The van der Waals surface area contributed by atoms with Crippen LogP contribution in [0, 0.1) is 0 Å². The summed E-state index contributed by atoms with van der Waals surface area (Å²) in [6.07, 6.45) is 0.140.